The van der Waals surface area contributed by atoms with Crippen molar-refractivity contribution >= 4 is 32.7 Å². The highest BCUT2D eigenvalue weighted by Crippen LogP contribution is 2.28. The quantitative estimate of drug-likeness (QED) is 0.660. The second-order valence-electron chi connectivity index (χ2n) is 5.34. The molecule has 0 unspecified atom stereocenters. The van der Waals surface area contributed by atoms with Gasteiger partial charge in [-0.3, -0.25) is 0 Å². The summed E-state index contributed by atoms with van der Waals surface area (Å²) in [4.78, 5) is 8.95. The molecule has 6 heteroatoms. The van der Waals surface area contributed by atoms with Gasteiger partial charge in [0.1, 0.15) is 17.3 Å². The van der Waals surface area contributed by atoms with E-state index in [1.165, 1.54) is 0 Å². The van der Waals surface area contributed by atoms with Crippen molar-refractivity contribution in [2.45, 2.75) is 13.5 Å². The fourth-order valence-corrected chi connectivity index (χ4v) is 2.93. The van der Waals surface area contributed by atoms with E-state index in [9.17, 15) is 0 Å². The number of hydrogen-bond donors (Lipinski definition) is 1. The summed E-state index contributed by atoms with van der Waals surface area (Å²) in [5, 5.41) is 4.37. The second kappa shape index (κ2) is 7.05. The molecule has 0 bridgehead atoms. The SMILES string of the molecule is COc1ccc(CNc2nc(Br)nc3c(C)cccc23)c(OC)c1. The zero-order valence-electron chi connectivity index (χ0n) is 13.8. The number of nitrogens with one attached hydrogen (secondary N) is 1. The molecule has 0 spiro atoms. The first-order chi connectivity index (χ1) is 11.6. The van der Waals surface area contributed by atoms with Gasteiger partial charge >= 0.3 is 0 Å². The largest absolute Gasteiger partial charge is 0.497 e. The van der Waals surface area contributed by atoms with E-state index in [1.807, 2.05) is 43.3 Å². The van der Waals surface area contributed by atoms with E-state index in [1.54, 1.807) is 14.2 Å². The molecule has 2 aromatic carbocycles. The van der Waals surface area contributed by atoms with Crippen LogP contribution < -0.4 is 14.8 Å². The lowest BCUT2D eigenvalue weighted by Gasteiger charge is -2.13. The number of nitrogens with zero attached hydrogens (tertiary/aromatic N) is 2. The Kier molecular flexibility index (Phi) is 4.85. The molecule has 0 saturated carbocycles. The second-order valence-corrected chi connectivity index (χ2v) is 6.05. The minimum absolute atomic E-state index is 0.563. The van der Waals surface area contributed by atoms with Gasteiger partial charge < -0.3 is 14.8 Å². The Morgan fingerprint density at radius 3 is 2.67 bits per heavy atom. The van der Waals surface area contributed by atoms with E-state index in [4.69, 9.17) is 9.47 Å². The predicted molar refractivity (Wildman–Crippen MR) is 98.8 cm³/mol. The van der Waals surface area contributed by atoms with Gasteiger partial charge in [-0.2, -0.15) is 0 Å². The zero-order chi connectivity index (χ0) is 17.1. The summed E-state index contributed by atoms with van der Waals surface area (Å²) in [7, 11) is 3.29. The summed E-state index contributed by atoms with van der Waals surface area (Å²) < 4.78 is 11.2. The smallest absolute Gasteiger partial charge is 0.199 e. The highest BCUT2D eigenvalue weighted by molar-refractivity contribution is 9.10. The summed E-state index contributed by atoms with van der Waals surface area (Å²) in [6.07, 6.45) is 0. The fraction of sp³-hybridized carbons (Fsp3) is 0.222. The summed E-state index contributed by atoms with van der Waals surface area (Å²) in [6, 6.07) is 11.8. The van der Waals surface area contributed by atoms with E-state index in [0.717, 1.165) is 39.3 Å². The van der Waals surface area contributed by atoms with E-state index < -0.39 is 0 Å². The molecule has 1 heterocycles. The minimum atomic E-state index is 0.563. The Balaban J connectivity index is 1.93. The van der Waals surface area contributed by atoms with Gasteiger partial charge in [0.25, 0.3) is 0 Å². The van der Waals surface area contributed by atoms with Crippen LogP contribution in [0.3, 0.4) is 0 Å². The van der Waals surface area contributed by atoms with E-state index in [0.29, 0.717) is 11.3 Å². The highest BCUT2D eigenvalue weighted by Gasteiger charge is 2.10. The van der Waals surface area contributed by atoms with Crippen LogP contribution in [0.2, 0.25) is 0 Å². The van der Waals surface area contributed by atoms with Crippen LogP contribution in [-0.4, -0.2) is 24.2 Å². The average Bonchev–Trinajstić information content (AvgIpc) is 2.60. The van der Waals surface area contributed by atoms with Crippen LogP contribution in [0.5, 0.6) is 11.5 Å². The molecule has 0 radical (unpaired) electrons. The normalized spacial score (nSPS) is 10.7. The Labute approximate surface area is 149 Å². The van der Waals surface area contributed by atoms with Gasteiger partial charge in [-0.15, -0.1) is 0 Å². The van der Waals surface area contributed by atoms with Crippen molar-refractivity contribution in [3.05, 3.63) is 52.3 Å². The molecule has 3 rings (SSSR count). The number of anilines is 1. The Bertz CT molecular complexity index is 884. The molecule has 24 heavy (non-hydrogen) atoms. The van der Waals surface area contributed by atoms with Crippen LogP contribution in [0.1, 0.15) is 11.1 Å². The Morgan fingerprint density at radius 1 is 1.08 bits per heavy atom. The molecule has 124 valence electrons. The number of ether oxygens (including phenoxy) is 2. The van der Waals surface area contributed by atoms with E-state index >= 15 is 0 Å². The lowest BCUT2D eigenvalue weighted by Crippen LogP contribution is -2.05. The van der Waals surface area contributed by atoms with Gasteiger partial charge in [0, 0.05) is 23.6 Å². The first-order valence-corrected chi connectivity index (χ1v) is 8.29. The molecular formula is C18H18BrN3O2. The van der Waals surface area contributed by atoms with Gasteiger partial charge in [-0.05, 0) is 46.6 Å². The van der Waals surface area contributed by atoms with Crippen LogP contribution in [0.4, 0.5) is 5.82 Å². The van der Waals surface area contributed by atoms with Crippen LogP contribution in [0.25, 0.3) is 10.9 Å². The molecule has 1 aromatic heterocycles. The first-order valence-electron chi connectivity index (χ1n) is 7.50. The van der Waals surface area contributed by atoms with Crippen molar-refractivity contribution in [2.75, 3.05) is 19.5 Å². The summed E-state index contributed by atoms with van der Waals surface area (Å²) in [5.41, 5.74) is 3.07. The van der Waals surface area contributed by atoms with Crippen molar-refractivity contribution in [2.24, 2.45) is 0 Å². The van der Waals surface area contributed by atoms with Crippen molar-refractivity contribution in [3.8, 4) is 11.5 Å². The summed E-state index contributed by atoms with van der Waals surface area (Å²) in [5.74, 6) is 2.32. The average molecular weight is 388 g/mol. The molecule has 5 nitrogen and oxygen atoms in total. The lowest BCUT2D eigenvalue weighted by molar-refractivity contribution is 0.391. The molecule has 0 fully saturated rings. The monoisotopic (exact) mass is 387 g/mol. The standard InChI is InChI=1S/C18H18BrN3O2/c1-11-5-4-6-14-16(11)21-18(19)22-17(14)20-10-12-7-8-13(23-2)9-15(12)24-3/h4-9H,10H2,1-3H3,(H,20,21,22). The van der Waals surface area contributed by atoms with Crippen molar-refractivity contribution in [1.82, 2.24) is 9.97 Å². The number of para-hydroxylation sites is 1. The number of methoxy groups -OCH3 is 2. The number of fused-ring (bicyclic) bond motifs is 1. The number of rotatable bonds is 5. The Hall–Kier alpha value is -2.34. The molecule has 0 aliphatic rings. The molecule has 0 aliphatic carbocycles. The van der Waals surface area contributed by atoms with Crippen molar-refractivity contribution in [1.29, 1.82) is 0 Å². The number of benzene rings is 2. The lowest BCUT2D eigenvalue weighted by atomic mass is 10.1. The van der Waals surface area contributed by atoms with Gasteiger partial charge in [-0.1, -0.05) is 12.1 Å². The topological polar surface area (TPSA) is 56.3 Å². The predicted octanol–water partition coefficient (Wildman–Crippen LogP) is 4.33. The third-order valence-corrected chi connectivity index (χ3v) is 4.20. The zero-order valence-corrected chi connectivity index (χ0v) is 15.3. The maximum atomic E-state index is 5.44. The maximum Gasteiger partial charge on any atom is 0.199 e. The molecule has 0 aliphatic heterocycles. The van der Waals surface area contributed by atoms with Crippen LogP contribution in [0.15, 0.2) is 41.1 Å². The molecule has 0 saturated heterocycles. The number of aromatic nitrogens is 2. The van der Waals surface area contributed by atoms with Crippen molar-refractivity contribution in [3.63, 3.8) is 0 Å². The van der Waals surface area contributed by atoms with Crippen LogP contribution in [-0.2, 0) is 6.54 Å². The van der Waals surface area contributed by atoms with Crippen LogP contribution >= 0.6 is 15.9 Å². The summed E-state index contributed by atoms with van der Waals surface area (Å²) in [6.45, 7) is 2.62. The van der Waals surface area contributed by atoms with Gasteiger partial charge in [0.15, 0.2) is 4.73 Å². The number of aryl methyl sites for hydroxylation is 1. The molecule has 1 N–H and O–H groups in total. The van der Waals surface area contributed by atoms with E-state index in [2.05, 4.69) is 31.2 Å². The maximum absolute atomic E-state index is 5.44. The molecule has 0 atom stereocenters. The van der Waals surface area contributed by atoms with Gasteiger partial charge in [0.05, 0.1) is 19.7 Å². The summed E-state index contributed by atoms with van der Waals surface area (Å²) >= 11 is 3.39. The Morgan fingerprint density at radius 2 is 1.92 bits per heavy atom. The molecule has 3 aromatic rings. The van der Waals surface area contributed by atoms with Gasteiger partial charge in [0.2, 0.25) is 0 Å². The van der Waals surface area contributed by atoms with Crippen LogP contribution in [0, 0.1) is 6.92 Å². The third-order valence-electron chi connectivity index (χ3n) is 3.84. The molecule has 0 amide bonds. The van der Waals surface area contributed by atoms with E-state index in [-0.39, 0.29) is 0 Å². The molecular weight excluding hydrogens is 370 g/mol. The highest BCUT2D eigenvalue weighted by atomic mass is 79.9. The third kappa shape index (κ3) is 3.28. The minimum Gasteiger partial charge on any atom is -0.497 e. The van der Waals surface area contributed by atoms with Crippen molar-refractivity contribution < 1.29 is 9.47 Å². The first kappa shape index (κ1) is 16.5. The number of halogens is 1. The fourth-order valence-electron chi connectivity index (χ4n) is 2.58. The number of hydrogen-bond acceptors (Lipinski definition) is 5. The van der Waals surface area contributed by atoms with Gasteiger partial charge in [-0.25, -0.2) is 9.97 Å².